The van der Waals surface area contributed by atoms with E-state index in [4.69, 9.17) is 0 Å². The van der Waals surface area contributed by atoms with Crippen LogP contribution in [0.1, 0.15) is 36.8 Å². The molecule has 4 nitrogen and oxygen atoms in total. The van der Waals surface area contributed by atoms with Crippen LogP contribution in [0.25, 0.3) is 10.9 Å². The zero-order chi connectivity index (χ0) is 20.9. The number of aromatic nitrogens is 1. The van der Waals surface area contributed by atoms with Gasteiger partial charge in [-0.2, -0.15) is 0 Å². The first-order chi connectivity index (χ1) is 14.7. The van der Waals surface area contributed by atoms with Gasteiger partial charge in [0.15, 0.2) is 0 Å². The van der Waals surface area contributed by atoms with Crippen LogP contribution in [-0.2, 0) is 18.3 Å². The fraction of sp³-hybridized carbons (Fsp3) is 0.423. The minimum Gasteiger partial charge on any atom is -0.350 e. The van der Waals surface area contributed by atoms with Crippen LogP contribution in [0.4, 0.5) is 0 Å². The lowest BCUT2D eigenvalue weighted by atomic mass is 9.89. The summed E-state index contributed by atoms with van der Waals surface area (Å²) >= 11 is 0. The molecule has 4 rings (SSSR count). The van der Waals surface area contributed by atoms with E-state index in [9.17, 15) is 4.79 Å². The lowest BCUT2D eigenvalue weighted by molar-refractivity contribution is -0.133. The van der Waals surface area contributed by atoms with Crippen molar-refractivity contribution in [2.45, 2.75) is 32.1 Å². The quantitative estimate of drug-likeness (QED) is 0.583. The maximum absolute atomic E-state index is 13.2. The second kappa shape index (κ2) is 9.48. The number of hydrogen-bond acceptors (Lipinski definition) is 2. The molecule has 1 unspecified atom stereocenters. The predicted octanol–water partition coefficient (Wildman–Crippen LogP) is 4.45. The summed E-state index contributed by atoms with van der Waals surface area (Å²) < 4.78 is 2.20. The SMILES string of the molecule is CCN1CCN(C(=O)CC(CCc2ccccc2)c2cn(C)c3ccccc23)CC1. The van der Waals surface area contributed by atoms with Crippen molar-refractivity contribution >= 4 is 16.8 Å². The van der Waals surface area contributed by atoms with Crippen molar-refractivity contribution < 1.29 is 4.79 Å². The number of rotatable bonds is 7. The van der Waals surface area contributed by atoms with Gasteiger partial charge < -0.3 is 14.4 Å². The van der Waals surface area contributed by atoms with Crippen LogP contribution in [0.3, 0.4) is 0 Å². The molecule has 0 radical (unpaired) electrons. The van der Waals surface area contributed by atoms with Crippen molar-refractivity contribution in [1.29, 1.82) is 0 Å². The minimum absolute atomic E-state index is 0.230. The van der Waals surface area contributed by atoms with E-state index >= 15 is 0 Å². The molecule has 1 aromatic heterocycles. The number of piperazine rings is 1. The van der Waals surface area contributed by atoms with Gasteiger partial charge in [0.05, 0.1) is 0 Å². The number of benzene rings is 2. The molecule has 1 fully saturated rings. The Kier molecular flexibility index (Phi) is 6.53. The fourth-order valence-corrected chi connectivity index (χ4v) is 4.70. The lowest BCUT2D eigenvalue weighted by Crippen LogP contribution is -2.48. The zero-order valence-electron chi connectivity index (χ0n) is 18.3. The van der Waals surface area contributed by atoms with E-state index in [-0.39, 0.29) is 5.92 Å². The lowest BCUT2D eigenvalue weighted by Gasteiger charge is -2.34. The van der Waals surface area contributed by atoms with Crippen molar-refractivity contribution in [3.63, 3.8) is 0 Å². The number of fused-ring (bicyclic) bond motifs is 1. The van der Waals surface area contributed by atoms with E-state index in [0.29, 0.717) is 12.3 Å². The number of nitrogens with zero attached hydrogens (tertiary/aromatic N) is 3. The monoisotopic (exact) mass is 403 g/mol. The molecule has 1 atom stereocenters. The van der Waals surface area contributed by atoms with E-state index in [1.807, 2.05) is 0 Å². The summed E-state index contributed by atoms with van der Waals surface area (Å²) in [6.45, 7) is 6.95. The molecule has 2 heterocycles. The maximum Gasteiger partial charge on any atom is 0.223 e. The number of aryl methyl sites for hydroxylation is 2. The smallest absolute Gasteiger partial charge is 0.223 e. The minimum atomic E-state index is 0.230. The summed E-state index contributed by atoms with van der Waals surface area (Å²) in [7, 11) is 2.10. The van der Waals surface area contributed by atoms with Crippen LogP contribution in [0.2, 0.25) is 0 Å². The predicted molar refractivity (Wildman–Crippen MR) is 124 cm³/mol. The Hall–Kier alpha value is -2.59. The summed E-state index contributed by atoms with van der Waals surface area (Å²) in [4.78, 5) is 17.7. The van der Waals surface area contributed by atoms with Crippen molar-refractivity contribution in [1.82, 2.24) is 14.4 Å². The average Bonchev–Trinajstić information content (AvgIpc) is 3.14. The standard InChI is InChI=1S/C26H33N3O/c1-3-28-15-17-29(18-16-28)26(30)19-22(14-13-21-9-5-4-6-10-21)24-20-27(2)25-12-8-7-11-23(24)25/h4-12,20,22H,3,13-19H2,1-2H3. The van der Waals surface area contributed by atoms with Crippen LogP contribution in [0.5, 0.6) is 0 Å². The van der Waals surface area contributed by atoms with Crippen molar-refractivity contribution in [3.8, 4) is 0 Å². The molecule has 1 aliphatic heterocycles. The second-order valence-electron chi connectivity index (χ2n) is 8.45. The molecule has 0 bridgehead atoms. The number of hydrogen-bond donors (Lipinski definition) is 0. The van der Waals surface area contributed by atoms with Gasteiger partial charge in [0.2, 0.25) is 5.91 Å². The average molecular weight is 404 g/mol. The number of amides is 1. The molecule has 1 amide bonds. The van der Waals surface area contributed by atoms with Gasteiger partial charge in [-0.3, -0.25) is 4.79 Å². The van der Waals surface area contributed by atoms with Gasteiger partial charge in [-0.05, 0) is 42.5 Å². The van der Waals surface area contributed by atoms with Gasteiger partial charge >= 0.3 is 0 Å². The molecule has 0 aliphatic carbocycles. The molecule has 158 valence electrons. The van der Waals surface area contributed by atoms with E-state index in [2.05, 4.69) is 89.1 Å². The highest BCUT2D eigenvalue weighted by molar-refractivity contribution is 5.86. The van der Waals surface area contributed by atoms with Crippen LogP contribution in [0.15, 0.2) is 60.8 Å². The number of carbonyl (C=O) groups excluding carboxylic acids is 1. The molecule has 1 saturated heterocycles. The Morgan fingerprint density at radius 3 is 2.40 bits per heavy atom. The third-order valence-electron chi connectivity index (χ3n) is 6.59. The van der Waals surface area contributed by atoms with Gasteiger partial charge in [0, 0.05) is 56.7 Å². The summed E-state index contributed by atoms with van der Waals surface area (Å²) in [6.07, 6.45) is 4.81. The molecule has 0 N–H and O–H groups in total. The van der Waals surface area contributed by atoms with Crippen LogP contribution in [0, 0.1) is 0 Å². The Morgan fingerprint density at radius 2 is 1.67 bits per heavy atom. The van der Waals surface area contributed by atoms with Crippen molar-refractivity contribution in [2.75, 3.05) is 32.7 Å². The first kappa shape index (κ1) is 20.7. The first-order valence-electron chi connectivity index (χ1n) is 11.2. The molecule has 30 heavy (non-hydrogen) atoms. The van der Waals surface area contributed by atoms with Crippen LogP contribution in [-0.4, -0.2) is 53.0 Å². The van der Waals surface area contributed by atoms with Crippen LogP contribution >= 0.6 is 0 Å². The van der Waals surface area contributed by atoms with Crippen molar-refractivity contribution in [2.24, 2.45) is 7.05 Å². The Balaban J connectivity index is 1.55. The van der Waals surface area contributed by atoms with Crippen molar-refractivity contribution in [3.05, 3.63) is 71.9 Å². The maximum atomic E-state index is 13.2. The Morgan fingerprint density at radius 1 is 0.967 bits per heavy atom. The normalized spacial score (nSPS) is 16.1. The van der Waals surface area contributed by atoms with Gasteiger partial charge in [-0.15, -0.1) is 0 Å². The number of carbonyl (C=O) groups is 1. The third-order valence-corrected chi connectivity index (χ3v) is 6.59. The van der Waals surface area contributed by atoms with E-state index in [1.54, 1.807) is 0 Å². The zero-order valence-corrected chi connectivity index (χ0v) is 18.3. The number of para-hydroxylation sites is 1. The summed E-state index contributed by atoms with van der Waals surface area (Å²) in [6, 6.07) is 19.2. The van der Waals surface area contributed by atoms with Gasteiger partial charge in [-0.1, -0.05) is 55.5 Å². The van der Waals surface area contributed by atoms with E-state index < -0.39 is 0 Å². The van der Waals surface area contributed by atoms with Gasteiger partial charge in [0.1, 0.15) is 0 Å². The summed E-state index contributed by atoms with van der Waals surface area (Å²) in [5.41, 5.74) is 3.89. The van der Waals surface area contributed by atoms with Gasteiger partial charge in [0.25, 0.3) is 0 Å². The highest BCUT2D eigenvalue weighted by Gasteiger charge is 2.25. The van der Waals surface area contributed by atoms with Gasteiger partial charge in [-0.25, -0.2) is 0 Å². The molecular formula is C26H33N3O. The van der Waals surface area contributed by atoms with E-state index in [0.717, 1.165) is 45.6 Å². The molecule has 1 aliphatic rings. The molecule has 0 saturated carbocycles. The molecule has 3 aromatic rings. The topological polar surface area (TPSA) is 28.5 Å². The second-order valence-corrected chi connectivity index (χ2v) is 8.45. The Labute approximate surface area is 180 Å². The first-order valence-corrected chi connectivity index (χ1v) is 11.2. The molecular weight excluding hydrogens is 370 g/mol. The highest BCUT2D eigenvalue weighted by Crippen LogP contribution is 2.33. The Bertz CT molecular complexity index is 970. The summed E-state index contributed by atoms with van der Waals surface area (Å²) in [5.74, 6) is 0.532. The largest absolute Gasteiger partial charge is 0.350 e. The third kappa shape index (κ3) is 4.59. The fourth-order valence-electron chi connectivity index (χ4n) is 4.70. The van der Waals surface area contributed by atoms with E-state index in [1.165, 1.54) is 22.0 Å². The highest BCUT2D eigenvalue weighted by atomic mass is 16.2. The van der Waals surface area contributed by atoms with Crippen LogP contribution < -0.4 is 0 Å². The molecule has 2 aromatic carbocycles. The number of likely N-dealkylation sites (N-methyl/N-ethyl adjacent to an activating group) is 1. The molecule has 0 spiro atoms. The molecule has 4 heteroatoms. The summed E-state index contributed by atoms with van der Waals surface area (Å²) in [5, 5.41) is 1.28.